The summed E-state index contributed by atoms with van der Waals surface area (Å²) in [5.74, 6) is -1.97. The van der Waals surface area contributed by atoms with Crippen LogP contribution in [-0.2, 0) is 9.59 Å². The van der Waals surface area contributed by atoms with E-state index in [-0.39, 0.29) is 5.11 Å². The highest BCUT2D eigenvalue weighted by Crippen LogP contribution is 2.27. The van der Waals surface area contributed by atoms with E-state index in [0.717, 1.165) is 15.2 Å². The second kappa shape index (κ2) is 7.61. The topological polar surface area (TPSA) is 61.8 Å². The quantitative estimate of drug-likeness (QED) is 0.365. The Morgan fingerprint density at radius 2 is 1.71 bits per heavy atom. The number of anilines is 1. The molecule has 1 aliphatic rings. The fourth-order valence-corrected chi connectivity index (χ4v) is 3.59. The van der Waals surface area contributed by atoms with Crippen LogP contribution in [0.1, 0.15) is 0 Å². The Morgan fingerprint density at radius 3 is 2.50 bits per heavy atom. The summed E-state index contributed by atoms with van der Waals surface area (Å²) in [4.78, 5) is 31.1. The van der Waals surface area contributed by atoms with Gasteiger partial charge in [0.05, 0.1) is 11.4 Å². The molecule has 0 aromatic heterocycles. The summed E-state index contributed by atoms with van der Waals surface area (Å²) in [6.45, 7) is 0. The van der Waals surface area contributed by atoms with Gasteiger partial charge in [-0.15, -0.1) is 0 Å². The van der Waals surface area contributed by atoms with Crippen molar-refractivity contribution >= 4 is 73.4 Å². The fourth-order valence-electron chi connectivity index (χ4n) is 3.03. The van der Waals surface area contributed by atoms with E-state index in [1.54, 1.807) is 24.3 Å². The van der Waals surface area contributed by atoms with Crippen LogP contribution in [0.25, 0.3) is 10.8 Å². The molecule has 1 saturated heterocycles. The normalized spacial score (nSPS) is 17.4. The second-order valence-corrected chi connectivity index (χ2v) is 7.50. The van der Waals surface area contributed by atoms with Crippen molar-refractivity contribution in [3.8, 4) is 0 Å². The van der Waals surface area contributed by atoms with Gasteiger partial charge in [-0.05, 0) is 47.9 Å². The lowest BCUT2D eigenvalue weighted by Gasteiger charge is -2.30. The van der Waals surface area contributed by atoms with Gasteiger partial charge in [0, 0.05) is 16.1 Å². The van der Waals surface area contributed by atoms with E-state index in [9.17, 15) is 9.59 Å². The highest BCUT2D eigenvalue weighted by atomic mass is 79.9. The molecule has 0 bridgehead atoms. The van der Waals surface area contributed by atoms with Crippen LogP contribution in [0.3, 0.4) is 0 Å². The van der Waals surface area contributed by atoms with Crippen molar-refractivity contribution in [3.05, 3.63) is 71.2 Å². The van der Waals surface area contributed by atoms with Crippen molar-refractivity contribution in [1.82, 2.24) is 5.32 Å². The number of hydrogen-bond donors (Lipinski definition) is 1. The van der Waals surface area contributed by atoms with Crippen LogP contribution in [0.2, 0.25) is 0 Å². The maximum absolute atomic E-state index is 13.0. The monoisotopic (exact) mass is 451 g/mol. The van der Waals surface area contributed by atoms with Crippen LogP contribution in [-0.4, -0.2) is 23.1 Å². The zero-order valence-electron chi connectivity index (χ0n) is 14.5. The van der Waals surface area contributed by atoms with Crippen LogP contribution in [0.15, 0.2) is 76.2 Å². The molecule has 0 spiro atoms. The van der Waals surface area contributed by atoms with Gasteiger partial charge < -0.3 is 5.32 Å². The van der Waals surface area contributed by atoms with Crippen molar-refractivity contribution in [3.63, 3.8) is 0 Å². The predicted molar refractivity (Wildman–Crippen MR) is 118 cm³/mol. The maximum atomic E-state index is 13.0. The average molecular weight is 452 g/mol. The number of carbonyl (C=O) groups is 2. The molecule has 28 heavy (non-hydrogen) atoms. The summed E-state index contributed by atoms with van der Waals surface area (Å²) in [6.07, 6.45) is 1.38. The molecule has 3 aromatic rings. The third-order valence-corrected chi connectivity index (χ3v) is 5.23. The first-order valence-electron chi connectivity index (χ1n) is 8.51. The summed E-state index contributed by atoms with van der Waals surface area (Å²) in [5.41, 5.74) is 1.28. The van der Waals surface area contributed by atoms with E-state index in [2.05, 4.69) is 26.2 Å². The van der Waals surface area contributed by atoms with Gasteiger partial charge in [-0.25, -0.2) is 0 Å². The van der Waals surface area contributed by atoms with Crippen molar-refractivity contribution in [1.29, 1.82) is 0 Å². The standard InChI is InChI=1S/C21H14BrN3O2S/c22-14-8-10-15(11-9-14)25-20(27)17(19(26)24-21(25)28)12-23-18-7-3-5-13-4-1-2-6-16(13)18/h1-12,17H,(H,24,26,28)/t17-/m1/s1. The zero-order chi connectivity index (χ0) is 19.7. The first-order valence-corrected chi connectivity index (χ1v) is 9.71. The number of nitrogens with zero attached hydrogens (tertiary/aromatic N) is 2. The minimum absolute atomic E-state index is 0.0622. The van der Waals surface area contributed by atoms with Crippen LogP contribution < -0.4 is 10.2 Å². The van der Waals surface area contributed by atoms with Gasteiger partial charge in [0.2, 0.25) is 5.91 Å². The molecule has 5 nitrogen and oxygen atoms in total. The molecule has 1 atom stereocenters. The molecular formula is C21H14BrN3O2S. The number of halogens is 1. The Balaban J connectivity index is 1.67. The summed E-state index contributed by atoms with van der Waals surface area (Å²) in [7, 11) is 0. The molecule has 4 rings (SSSR count). The van der Waals surface area contributed by atoms with Crippen LogP contribution in [0.5, 0.6) is 0 Å². The SMILES string of the molecule is O=C1NC(=S)N(c2ccc(Br)cc2)C(=O)[C@@H]1C=Nc1cccc2ccccc12. The average Bonchev–Trinajstić information content (AvgIpc) is 2.69. The molecule has 1 heterocycles. The number of fused-ring (bicyclic) bond motifs is 1. The number of aliphatic imine (C=N–C) groups is 1. The molecule has 0 aliphatic carbocycles. The second-order valence-electron chi connectivity index (χ2n) is 6.20. The van der Waals surface area contributed by atoms with Crippen LogP contribution in [0, 0.1) is 5.92 Å². The number of carbonyl (C=O) groups excluding carboxylic acids is 2. The van der Waals surface area contributed by atoms with Gasteiger partial charge >= 0.3 is 0 Å². The summed E-state index contributed by atoms with van der Waals surface area (Å²) in [6, 6.07) is 20.7. The molecular weight excluding hydrogens is 438 g/mol. The molecule has 1 fully saturated rings. The Bertz CT molecular complexity index is 1120. The lowest BCUT2D eigenvalue weighted by Crippen LogP contribution is -2.58. The Labute approximate surface area is 175 Å². The third-order valence-electron chi connectivity index (χ3n) is 4.42. The number of rotatable bonds is 3. The number of nitrogens with one attached hydrogen (secondary N) is 1. The lowest BCUT2D eigenvalue weighted by molar-refractivity contribution is -0.130. The van der Waals surface area contributed by atoms with Gasteiger partial charge in [-0.3, -0.25) is 19.5 Å². The predicted octanol–water partition coefficient (Wildman–Crippen LogP) is 4.37. The number of thiocarbonyl (C=S) groups is 1. The highest BCUT2D eigenvalue weighted by Gasteiger charge is 2.38. The molecule has 138 valence electrons. The minimum atomic E-state index is -1.06. The molecule has 3 aromatic carbocycles. The van der Waals surface area contributed by atoms with Gasteiger partial charge in [-0.1, -0.05) is 52.3 Å². The van der Waals surface area contributed by atoms with E-state index in [4.69, 9.17) is 12.2 Å². The zero-order valence-corrected chi connectivity index (χ0v) is 16.9. The van der Waals surface area contributed by atoms with Crippen LogP contribution >= 0.6 is 28.1 Å². The van der Waals surface area contributed by atoms with Crippen LogP contribution in [0.4, 0.5) is 11.4 Å². The number of benzene rings is 3. The van der Waals surface area contributed by atoms with E-state index >= 15 is 0 Å². The van der Waals surface area contributed by atoms with E-state index in [1.807, 2.05) is 42.5 Å². The van der Waals surface area contributed by atoms with Crippen molar-refractivity contribution in [2.75, 3.05) is 4.90 Å². The van der Waals surface area contributed by atoms with Gasteiger partial charge in [0.15, 0.2) is 11.0 Å². The third kappa shape index (κ3) is 3.46. The molecule has 1 N–H and O–H groups in total. The van der Waals surface area contributed by atoms with Crippen molar-refractivity contribution in [2.24, 2.45) is 10.9 Å². The Morgan fingerprint density at radius 1 is 1.00 bits per heavy atom. The Hall–Kier alpha value is -2.90. The van der Waals surface area contributed by atoms with E-state index in [0.29, 0.717) is 11.4 Å². The summed E-state index contributed by atoms with van der Waals surface area (Å²) >= 11 is 8.57. The van der Waals surface area contributed by atoms with Crippen molar-refractivity contribution < 1.29 is 9.59 Å². The summed E-state index contributed by atoms with van der Waals surface area (Å²) < 4.78 is 0.879. The van der Waals surface area contributed by atoms with E-state index < -0.39 is 17.7 Å². The fraction of sp³-hybridized carbons (Fsp3) is 0.0476. The number of amides is 2. The maximum Gasteiger partial charge on any atom is 0.251 e. The Kier molecular flexibility index (Phi) is 5.02. The smallest absolute Gasteiger partial charge is 0.251 e. The van der Waals surface area contributed by atoms with Crippen molar-refractivity contribution in [2.45, 2.75) is 0 Å². The lowest BCUT2D eigenvalue weighted by atomic mass is 10.1. The van der Waals surface area contributed by atoms with Gasteiger partial charge in [0.1, 0.15) is 0 Å². The highest BCUT2D eigenvalue weighted by molar-refractivity contribution is 9.10. The van der Waals surface area contributed by atoms with Gasteiger partial charge in [-0.2, -0.15) is 0 Å². The first kappa shape index (κ1) is 18.5. The summed E-state index contributed by atoms with van der Waals surface area (Å²) in [5, 5.41) is 4.64. The first-order chi connectivity index (χ1) is 13.5. The largest absolute Gasteiger partial charge is 0.301 e. The molecule has 0 unspecified atom stereocenters. The molecule has 1 aliphatic heterocycles. The molecule has 7 heteroatoms. The molecule has 0 saturated carbocycles. The van der Waals surface area contributed by atoms with E-state index in [1.165, 1.54) is 11.1 Å². The number of hydrogen-bond acceptors (Lipinski definition) is 4. The van der Waals surface area contributed by atoms with Gasteiger partial charge in [0.25, 0.3) is 5.91 Å². The molecule has 0 radical (unpaired) electrons. The molecule has 2 amide bonds. The minimum Gasteiger partial charge on any atom is -0.301 e.